The number of carbonyl (C=O) groups is 3. The number of phenols is 1. The van der Waals surface area contributed by atoms with Crippen molar-refractivity contribution in [2.45, 2.75) is 52.3 Å². The van der Waals surface area contributed by atoms with Crippen LogP contribution in [0, 0.1) is 18.3 Å². The van der Waals surface area contributed by atoms with Crippen molar-refractivity contribution in [3.05, 3.63) is 71.8 Å². The van der Waals surface area contributed by atoms with Gasteiger partial charge in [0.05, 0.1) is 6.07 Å². The third-order valence-electron chi connectivity index (χ3n) is 5.77. The van der Waals surface area contributed by atoms with Crippen molar-refractivity contribution in [2.75, 3.05) is 11.9 Å². The number of amides is 3. The number of aryl methyl sites for hydroxylation is 1. The van der Waals surface area contributed by atoms with Gasteiger partial charge in [0.2, 0.25) is 5.91 Å². The standard InChI is InChI=1S/C29H32N4O5/c1-18-9-8-12-23(25(18)34)24(26(35)32-22-14-13-20-10-6-7-11-21(20)17-22)33(16-15-30)27(36)19(2)31-28(37)38-29(3,4)5/h6-14,17,19,24,34H,16H2,1-5H3,(H,31,37)(H,32,35). The van der Waals surface area contributed by atoms with Crippen molar-refractivity contribution < 1.29 is 24.2 Å². The minimum Gasteiger partial charge on any atom is -0.507 e. The number of fused-ring (bicyclic) bond motifs is 1. The lowest BCUT2D eigenvalue weighted by Gasteiger charge is -2.32. The summed E-state index contributed by atoms with van der Waals surface area (Å²) < 4.78 is 5.23. The van der Waals surface area contributed by atoms with E-state index in [2.05, 4.69) is 10.6 Å². The van der Waals surface area contributed by atoms with Crippen molar-refractivity contribution in [1.82, 2.24) is 10.2 Å². The molecule has 3 amide bonds. The first kappa shape index (κ1) is 28.0. The second-order valence-corrected chi connectivity index (χ2v) is 9.96. The van der Waals surface area contributed by atoms with Gasteiger partial charge in [-0.05, 0) is 63.1 Å². The molecule has 3 N–H and O–H groups in total. The lowest BCUT2D eigenvalue weighted by Crippen LogP contribution is -2.51. The zero-order valence-electron chi connectivity index (χ0n) is 22.1. The van der Waals surface area contributed by atoms with E-state index in [9.17, 15) is 24.8 Å². The Balaban J connectivity index is 1.98. The monoisotopic (exact) mass is 516 g/mol. The molecule has 9 nitrogen and oxygen atoms in total. The number of hydrogen-bond donors (Lipinski definition) is 3. The Morgan fingerprint density at radius 3 is 2.39 bits per heavy atom. The Hall–Kier alpha value is -4.58. The maximum absolute atomic E-state index is 13.7. The van der Waals surface area contributed by atoms with Crippen LogP contribution in [0.25, 0.3) is 10.8 Å². The summed E-state index contributed by atoms with van der Waals surface area (Å²) in [6.45, 7) is 7.70. The zero-order valence-corrected chi connectivity index (χ0v) is 22.1. The Morgan fingerprint density at radius 1 is 1.05 bits per heavy atom. The van der Waals surface area contributed by atoms with Crippen molar-refractivity contribution in [3.8, 4) is 11.8 Å². The minimum absolute atomic E-state index is 0.149. The molecule has 0 aliphatic heterocycles. The summed E-state index contributed by atoms with van der Waals surface area (Å²) in [5, 5.41) is 27.6. The number of anilines is 1. The van der Waals surface area contributed by atoms with E-state index in [0.29, 0.717) is 11.3 Å². The van der Waals surface area contributed by atoms with Crippen LogP contribution in [0.3, 0.4) is 0 Å². The van der Waals surface area contributed by atoms with Gasteiger partial charge in [-0.25, -0.2) is 4.79 Å². The molecule has 0 aliphatic carbocycles. The summed E-state index contributed by atoms with van der Waals surface area (Å²) in [6.07, 6.45) is -0.814. The molecule has 0 aromatic heterocycles. The molecule has 38 heavy (non-hydrogen) atoms. The molecule has 2 unspecified atom stereocenters. The molecule has 0 fully saturated rings. The number of hydrogen-bond acceptors (Lipinski definition) is 6. The molecule has 0 aliphatic rings. The number of rotatable bonds is 7. The van der Waals surface area contributed by atoms with Crippen LogP contribution in [-0.2, 0) is 14.3 Å². The SMILES string of the molecule is Cc1cccc(C(C(=O)Nc2ccc3ccccc3c2)N(CC#N)C(=O)C(C)NC(=O)OC(C)(C)C)c1O. The fraction of sp³-hybridized carbons (Fsp3) is 0.310. The van der Waals surface area contributed by atoms with Gasteiger partial charge < -0.3 is 25.4 Å². The normalized spacial score (nSPS) is 12.6. The van der Waals surface area contributed by atoms with Crippen LogP contribution in [-0.4, -0.2) is 46.1 Å². The van der Waals surface area contributed by atoms with Crippen LogP contribution in [0.2, 0.25) is 0 Å². The second kappa shape index (κ2) is 11.6. The summed E-state index contributed by atoms with van der Waals surface area (Å²) in [5.74, 6) is -1.50. The Kier molecular flexibility index (Phi) is 8.58. The van der Waals surface area contributed by atoms with Gasteiger partial charge in [0, 0.05) is 11.3 Å². The number of phenolic OH excluding ortho intramolecular Hbond substituents is 1. The highest BCUT2D eigenvalue weighted by Crippen LogP contribution is 2.33. The topological polar surface area (TPSA) is 132 Å². The van der Waals surface area contributed by atoms with E-state index >= 15 is 0 Å². The first-order chi connectivity index (χ1) is 17.9. The van der Waals surface area contributed by atoms with E-state index < -0.39 is 42.1 Å². The van der Waals surface area contributed by atoms with Gasteiger partial charge in [-0.2, -0.15) is 5.26 Å². The highest BCUT2D eigenvalue weighted by atomic mass is 16.6. The van der Waals surface area contributed by atoms with Crippen molar-refractivity contribution in [2.24, 2.45) is 0 Å². The van der Waals surface area contributed by atoms with E-state index in [-0.39, 0.29) is 11.3 Å². The third-order valence-corrected chi connectivity index (χ3v) is 5.77. The van der Waals surface area contributed by atoms with Gasteiger partial charge in [-0.3, -0.25) is 9.59 Å². The first-order valence-electron chi connectivity index (χ1n) is 12.2. The quantitative estimate of drug-likeness (QED) is 0.387. The van der Waals surface area contributed by atoms with Crippen LogP contribution in [0.15, 0.2) is 60.7 Å². The Bertz CT molecular complexity index is 1390. The average Bonchev–Trinajstić information content (AvgIpc) is 2.84. The molecule has 3 rings (SSSR count). The highest BCUT2D eigenvalue weighted by Gasteiger charge is 2.36. The van der Waals surface area contributed by atoms with Gasteiger partial charge in [-0.1, -0.05) is 48.5 Å². The lowest BCUT2D eigenvalue weighted by atomic mass is 9.99. The number of nitriles is 1. The fourth-order valence-electron chi connectivity index (χ4n) is 4.00. The largest absolute Gasteiger partial charge is 0.507 e. The van der Waals surface area contributed by atoms with Gasteiger partial charge in [0.1, 0.15) is 30.0 Å². The maximum Gasteiger partial charge on any atom is 0.408 e. The molecule has 0 radical (unpaired) electrons. The predicted octanol–water partition coefficient (Wildman–Crippen LogP) is 4.80. The van der Waals surface area contributed by atoms with Gasteiger partial charge in [-0.15, -0.1) is 0 Å². The number of ether oxygens (including phenoxy) is 1. The summed E-state index contributed by atoms with van der Waals surface area (Å²) in [5.41, 5.74) is 0.344. The number of nitrogens with one attached hydrogen (secondary N) is 2. The molecule has 0 bridgehead atoms. The Morgan fingerprint density at radius 2 is 1.74 bits per heavy atom. The van der Waals surface area contributed by atoms with Crippen molar-refractivity contribution in [3.63, 3.8) is 0 Å². The van der Waals surface area contributed by atoms with Gasteiger partial charge in [0.15, 0.2) is 0 Å². The third kappa shape index (κ3) is 6.79. The van der Waals surface area contributed by atoms with E-state index in [1.54, 1.807) is 52.0 Å². The molecule has 0 saturated carbocycles. The minimum atomic E-state index is -1.36. The maximum atomic E-state index is 13.7. The van der Waals surface area contributed by atoms with E-state index in [1.165, 1.54) is 13.0 Å². The van der Waals surface area contributed by atoms with Crippen LogP contribution in [0.5, 0.6) is 5.75 Å². The molecule has 0 spiro atoms. The average molecular weight is 517 g/mol. The summed E-state index contributed by atoms with van der Waals surface area (Å²) >= 11 is 0. The number of aromatic hydroxyl groups is 1. The van der Waals surface area contributed by atoms with Gasteiger partial charge >= 0.3 is 6.09 Å². The molecule has 9 heteroatoms. The van der Waals surface area contributed by atoms with Gasteiger partial charge in [0.25, 0.3) is 5.91 Å². The molecule has 3 aromatic rings. The molecule has 3 aromatic carbocycles. The lowest BCUT2D eigenvalue weighted by molar-refractivity contribution is -0.139. The smallest absolute Gasteiger partial charge is 0.408 e. The van der Waals surface area contributed by atoms with Crippen molar-refractivity contribution >= 4 is 34.4 Å². The molecule has 198 valence electrons. The van der Waals surface area contributed by atoms with E-state index in [1.807, 2.05) is 36.4 Å². The highest BCUT2D eigenvalue weighted by molar-refractivity contribution is 6.00. The summed E-state index contributed by atoms with van der Waals surface area (Å²) in [7, 11) is 0. The van der Waals surface area contributed by atoms with Crippen LogP contribution in [0.1, 0.15) is 44.9 Å². The zero-order chi connectivity index (χ0) is 28.0. The molecular weight excluding hydrogens is 484 g/mol. The second-order valence-electron chi connectivity index (χ2n) is 9.96. The molecular formula is C29H32N4O5. The molecule has 2 atom stereocenters. The van der Waals surface area contributed by atoms with Crippen LogP contribution in [0.4, 0.5) is 10.5 Å². The molecule has 0 heterocycles. The summed E-state index contributed by atoms with van der Waals surface area (Å²) in [6, 6.07) is 17.3. The Labute approximate surface area is 222 Å². The molecule has 0 saturated heterocycles. The number of nitrogens with zero attached hydrogens (tertiary/aromatic N) is 2. The predicted molar refractivity (Wildman–Crippen MR) is 144 cm³/mol. The van der Waals surface area contributed by atoms with Crippen molar-refractivity contribution in [1.29, 1.82) is 5.26 Å². The first-order valence-corrected chi connectivity index (χ1v) is 12.2. The fourth-order valence-corrected chi connectivity index (χ4v) is 4.00. The van der Waals surface area contributed by atoms with E-state index in [4.69, 9.17) is 4.74 Å². The van der Waals surface area contributed by atoms with Crippen LogP contribution < -0.4 is 10.6 Å². The summed E-state index contributed by atoms with van der Waals surface area (Å²) in [4.78, 5) is 40.6. The number of carbonyl (C=O) groups excluding carboxylic acids is 3. The van der Waals surface area contributed by atoms with Crippen LogP contribution >= 0.6 is 0 Å². The number of para-hydroxylation sites is 1. The van der Waals surface area contributed by atoms with E-state index in [0.717, 1.165) is 15.7 Å². The number of alkyl carbamates (subject to hydrolysis) is 1. The number of benzene rings is 3.